The Hall–Kier alpha value is -2.16. The second kappa shape index (κ2) is 7.69. The molecule has 3 aromatic rings. The molecule has 0 fully saturated rings. The van der Waals surface area contributed by atoms with Gasteiger partial charge in [-0.25, -0.2) is 0 Å². The number of aryl methyl sites for hydroxylation is 1. The molecule has 28 heavy (non-hydrogen) atoms. The molecule has 6 nitrogen and oxygen atoms in total. The van der Waals surface area contributed by atoms with E-state index in [0.717, 1.165) is 22.3 Å². The number of H-pyrrole nitrogens is 1. The van der Waals surface area contributed by atoms with Crippen LogP contribution in [-0.2, 0) is 10.0 Å². The fourth-order valence-electron chi connectivity index (χ4n) is 2.88. The predicted molar refractivity (Wildman–Crippen MR) is 116 cm³/mol. The van der Waals surface area contributed by atoms with Crippen molar-refractivity contribution >= 4 is 56.5 Å². The fraction of sp³-hybridized carbons (Fsp3) is 0.263. The summed E-state index contributed by atoms with van der Waals surface area (Å²) < 4.78 is 34.6. The fourth-order valence-corrected chi connectivity index (χ4v) is 4.18. The number of aromatic amines is 1. The van der Waals surface area contributed by atoms with E-state index in [4.69, 9.17) is 28.2 Å². The number of benzene rings is 2. The molecule has 2 aromatic carbocycles. The molecule has 0 bridgehead atoms. The van der Waals surface area contributed by atoms with E-state index >= 15 is 0 Å². The number of hydrogen-bond acceptors (Lipinski definition) is 4. The molecule has 0 spiro atoms. The van der Waals surface area contributed by atoms with Crippen LogP contribution in [0.5, 0.6) is 0 Å². The molecule has 0 amide bonds. The first kappa shape index (κ1) is 20.6. The number of amidine groups is 1. The zero-order valence-electron chi connectivity index (χ0n) is 15.8. The lowest BCUT2D eigenvalue weighted by molar-refractivity contribution is 0.576. The number of anilines is 1. The highest BCUT2D eigenvalue weighted by Crippen LogP contribution is 2.33. The average molecular weight is 438 g/mol. The van der Waals surface area contributed by atoms with Gasteiger partial charge in [-0.15, -0.1) is 4.40 Å². The van der Waals surface area contributed by atoms with Crippen LogP contribution in [0.1, 0.15) is 37.8 Å². The molecular weight excluding hydrogens is 418 g/mol. The third-order valence-electron chi connectivity index (χ3n) is 4.30. The summed E-state index contributed by atoms with van der Waals surface area (Å²) in [6, 6.07) is 7.81. The SMILES string of the molecule is CC(=NS(=O)(=O)c1ccc(Cl)cc1)Nc1cc(C(C)C)c2oc(=S)[nH]c2c1C. The number of nitrogens with zero attached hydrogens (tertiary/aromatic N) is 1. The Labute approximate surface area is 173 Å². The van der Waals surface area contributed by atoms with Crippen LogP contribution in [0, 0.1) is 11.8 Å². The Morgan fingerprint density at radius 3 is 2.54 bits per heavy atom. The highest BCUT2D eigenvalue weighted by molar-refractivity contribution is 7.90. The number of halogens is 1. The van der Waals surface area contributed by atoms with Gasteiger partial charge in [0.15, 0.2) is 5.58 Å². The highest BCUT2D eigenvalue weighted by Gasteiger charge is 2.17. The van der Waals surface area contributed by atoms with Gasteiger partial charge in [0, 0.05) is 16.3 Å². The lowest BCUT2D eigenvalue weighted by Gasteiger charge is -2.14. The summed E-state index contributed by atoms with van der Waals surface area (Å²) in [4.78, 5) is 3.43. The standard InChI is InChI=1S/C19H20ClN3O3S2/c1-10(2)15-9-16(11(3)17-18(15)26-19(27)22-17)21-12(4)23-28(24,25)14-7-5-13(20)6-8-14/h5-10H,1-4H3,(H,21,23)(H,22,27). The number of rotatable bonds is 4. The summed E-state index contributed by atoms with van der Waals surface area (Å²) in [5, 5.41) is 3.55. The van der Waals surface area contributed by atoms with Crippen LogP contribution in [0.4, 0.5) is 5.69 Å². The maximum absolute atomic E-state index is 12.5. The van der Waals surface area contributed by atoms with Crippen molar-refractivity contribution in [2.45, 2.75) is 38.5 Å². The van der Waals surface area contributed by atoms with Crippen molar-refractivity contribution in [2.24, 2.45) is 4.40 Å². The van der Waals surface area contributed by atoms with Gasteiger partial charge in [0.1, 0.15) is 5.84 Å². The summed E-state index contributed by atoms with van der Waals surface area (Å²) in [6.07, 6.45) is 0. The lowest BCUT2D eigenvalue weighted by atomic mass is 9.98. The minimum Gasteiger partial charge on any atom is -0.429 e. The van der Waals surface area contributed by atoms with Crippen LogP contribution in [0.25, 0.3) is 11.1 Å². The van der Waals surface area contributed by atoms with Crippen LogP contribution in [0.2, 0.25) is 5.02 Å². The van der Waals surface area contributed by atoms with Crippen molar-refractivity contribution in [3.63, 3.8) is 0 Å². The molecule has 0 aliphatic carbocycles. The van der Waals surface area contributed by atoms with Crippen molar-refractivity contribution in [2.75, 3.05) is 5.32 Å². The van der Waals surface area contributed by atoms with Crippen LogP contribution in [-0.4, -0.2) is 19.2 Å². The average Bonchev–Trinajstić information content (AvgIpc) is 2.99. The minimum atomic E-state index is -3.85. The van der Waals surface area contributed by atoms with Gasteiger partial charge in [-0.3, -0.25) is 0 Å². The number of hydrogen-bond donors (Lipinski definition) is 2. The van der Waals surface area contributed by atoms with E-state index in [1.165, 1.54) is 24.3 Å². The molecule has 2 N–H and O–H groups in total. The Bertz CT molecular complexity index is 1220. The van der Waals surface area contributed by atoms with Crippen molar-refractivity contribution in [1.29, 1.82) is 0 Å². The predicted octanol–water partition coefficient (Wildman–Crippen LogP) is 5.79. The molecule has 0 saturated heterocycles. The lowest BCUT2D eigenvalue weighted by Crippen LogP contribution is -2.12. The van der Waals surface area contributed by atoms with E-state index in [-0.39, 0.29) is 16.6 Å². The number of sulfonamides is 1. The molecular formula is C19H20ClN3O3S2. The van der Waals surface area contributed by atoms with Crippen LogP contribution in [0.3, 0.4) is 0 Å². The number of nitrogens with one attached hydrogen (secondary N) is 2. The minimum absolute atomic E-state index is 0.0759. The molecule has 0 aliphatic heterocycles. The number of oxazole rings is 1. The van der Waals surface area contributed by atoms with Gasteiger partial charge in [0.25, 0.3) is 14.9 Å². The van der Waals surface area contributed by atoms with Crippen molar-refractivity contribution in [1.82, 2.24) is 4.98 Å². The molecule has 1 heterocycles. The monoisotopic (exact) mass is 437 g/mol. The van der Waals surface area contributed by atoms with Gasteiger partial charge in [-0.2, -0.15) is 8.42 Å². The summed E-state index contributed by atoms with van der Waals surface area (Å²) in [5.41, 5.74) is 4.05. The Morgan fingerprint density at radius 2 is 1.93 bits per heavy atom. The Balaban J connectivity index is 2.02. The first-order valence-corrected chi connectivity index (χ1v) is 10.8. The maximum atomic E-state index is 12.5. The first-order valence-electron chi connectivity index (χ1n) is 8.59. The summed E-state index contributed by atoms with van der Waals surface area (Å²) in [7, 11) is -3.85. The van der Waals surface area contributed by atoms with Crippen molar-refractivity contribution in [3.05, 3.63) is 51.3 Å². The Kier molecular flexibility index (Phi) is 5.65. The third kappa shape index (κ3) is 4.14. The first-order chi connectivity index (χ1) is 13.1. The summed E-state index contributed by atoms with van der Waals surface area (Å²) in [6.45, 7) is 7.59. The van der Waals surface area contributed by atoms with Gasteiger partial charge in [0.2, 0.25) is 0 Å². The quantitative estimate of drug-likeness (QED) is 0.306. The van der Waals surface area contributed by atoms with Crippen LogP contribution < -0.4 is 5.32 Å². The topological polar surface area (TPSA) is 87.5 Å². The number of fused-ring (bicyclic) bond motifs is 1. The zero-order valence-corrected chi connectivity index (χ0v) is 18.2. The molecule has 0 unspecified atom stereocenters. The van der Waals surface area contributed by atoms with Crippen LogP contribution >= 0.6 is 23.8 Å². The summed E-state index contributed by atoms with van der Waals surface area (Å²) in [5.74, 6) is 0.432. The van der Waals surface area contributed by atoms with Crippen LogP contribution in [0.15, 0.2) is 44.0 Å². The smallest absolute Gasteiger partial charge is 0.283 e. The molecule has 0 radical (unpaired) electrons. The van der Waals surface area contributed by atoms with Gasteiger partial charge in [0.05, 0.1) is 10.4 Å². The Morgan fingerprint density at radius 1 is 1.29 bits per heavy atom. The van der Waals surface area contributed by atoms with E-state index in [1.807, 2.05) is 26.8 Å². The molecule has 0 saturated carbocycles. The van der Waals surface area contributed by atoms with Crippen molar-refractivity contribution < 1.29 is 12.8 Å². The normalized spacial score (nSPS) is 12.7. The second-order valence-corrected chi connectivity index (χ2v) is 9.15. The van der Waals surface area contributed by atoms with Gasteiger partial charge in [-0.05, 0) is 67.9 Å². The van der Waals surface area contributed by atoms with E-state index in [1.54, 1.807) is 6.92 Å². The molecule has 1 aromatic heterocycles. The van der Waals surface area contributed by atoms with Gasteiger partial charge < -0.3 is 14.7 Å². The molecule has 3 rings (SSSR count). The van der Waals surface area contributed by atoms with E-state index in [9.17, 15) is 8.42 Å². The zero-order chi connectivity index (χ0) is 20.6. The largest absolute Gasteiger partial charge is 0.429 e. The van der Waals surface area contributed by atoms with E-state index in [0.29, 0.717) is 15.4 Å². The molecule has 148 valence electrons. The van der Waals surface area contributed by atoms with Gasteiger partial charge >= 0.3 is 0 Å². The summed E-state index contributed by atoms with van der Waals surface area (Å²) >= 11 is 11.0. The second-order valence-electron chi connectivity index (χ2n) is 6.74. The van der Waals surface area contributed by atoms with E-state index in [2.05, 4.69) is 14.7 Å². The molecule has 0 aliphatic rings. The van der Waals surface area contributed by atoms with E-state index < -0.39 is 10.0 Å². The maximum Gasteiger partial charge on any atom is 0.283 e. The third-order valence-corrected chi connectivity index (χ3v) is 6.12. The molecule has 0 atom stereocenters. The highest BCUT2D eigenvalue weighted by atomic mass is 35.5. The molecule has 9 heteroatoms. The van der Waals surface area contributed by atoms with Gasteiger partial charge in [-0.1, -0.05) is 25.4 Å². The van der Waals surface area contributed by atoms with Crippen molar-refractivity contribution in [3.8, 4) is 0 Å². The number of aromatic nitrogens is 1.